The van der Waals surface area contributed by atoms with E-state index in [0.717, 1.165) is 17.1 Å². The van der Waals surface area contributed by atoms with Crippen molar-refractivity contribution < 1.29 is 13.6 Å². The van der Waals surface area contributed by atoms with Crippen LogP contribution in [0.1, 0.15) is 18.2 Å². The van der Waals surface area contributed by atoms with E-state index in [0.29, 0.717) is 26.2 Å². The fraction of sp³-hybridized carbons (Fsp3) is 0.600. The number of hydrogen-bond donors (Lipinski definition) is 1. The van der Waals surface area contributed by atoms with E-state index < -0.39 is 17.8 Å². The SMILES string of the molecule is CC(=O)CNCc1ccc(N2CC3C(C2)C3(F)F)nc1C. The molecule has 0 radical (unpaired) electrons. The predicted octanol–water partition coefficient (Wildman–Crippen LogP) is 1.77. The van der Waals surface area contributed by atoms with Crippen molar-refractivity contribution in [3.05, 3.63) is 23.4 Å². The Bertz CT molecular complexity index is 562. The first-order chi connectivity index (χ1) is 9.89. The number of fused-ring (bicyclic) bond motifs is 1. The molecule has 2 aliphatic rings. The maximum atomic E-state index is 13.2. The molecule has 6 heteroatoms. The number of piperidine rings is 1. The van der Waals surface area contributed by atoms with Gasteiger partial charge in [0.05, 0.1) is 18.4 Å². The molecule has 1 saturated carbocycles. The third-order valence-electron chi connectivity index (χ3n) is 4.39. The first-order valence-electron chi connectivity index (χ1n) is 7.19. The number of halogens is 2. The van der Waals surface area contributed by atoms with Gasteiger partial charge in [-0.1, -0.05) is 6.07 Å². The average molecular weight is 295 g/mol. The maximum absolute atomic E-state index is 13.2. The Balaban J connectivity index is 1.61. The zero-order chi connectivity index (χ0) is 15.2. The minimum absolute atomic E-state index is 0.0921. The predicted molar refractivity (Wildman–Crippen MR) is 75.5 cm³/mol. The summed E-state index contributed by atoms with van der Waals surface area (Å²) in [5, 5.41) is 3.05. The number of pyridine rings is 1. The highest BCUT2D eigenvalue weighted by molar-refractivity contribution is 5.77. The summed E-state index contributed by atoms with van der Waals surface area (Å²) in [6, 6.07) is 3.83. The fourth-order valence-electron chi connectivity index (χ4n) is 3.01. The second-order valence-electron chi connectivity index (χ2n) is 6.01. The van der Waals surface area contributed by atoms with Crippen molar-refractivity contribution >= 4 is 11.6 Å². The second kappa shape index (κ2) is 5.02. The van der Waals surface area contributed by atoms with Crippen molar-refractivity contribution in [2.45, 2.75) is 26.3 Å². The van der Waals surface area contributed by atoms with Crippen LogP contribution in [0.2, 0.25) is 0 Å². The number of carbonyl (C=O) groups is 1. The number of hydrogen-bond acceptors (Lipinski definition) is 4. The molecule has 0 aromatic carbocycles. The molecular formula is C15H19F2N3O. The van der Waals surface area contributed by atoms with Crippen LogP contribution in [0, 0.1) is 18.8 Å². The van der Waals surface area contributed by atoms with Gasteiger partial charge < -0.3 is 10.2 Å². The highest BCUT2D eigenvalue weighted by Gasteiger charge is 2.71. The lowest BCUT2D eigenvalue weighted by Crippen LogP contribution is -2.28. The largest absolute Gasteiger partial charge is 0.356 e. The number of anilines is 1. The van der Waals surface area contributed by atoms with Gasteiger partial charge in [-0.25, -0.2) is 13.8 Å². The van der Waals surface area contributed by atoms with Gasteiger partial charge in [0.1, 0.15) is 11.6 Å². The van der Waals surface area contributed by atoms with Crippen LogP contribution in [0.4, 0.5) is 14.6 Å². The number of ketones is 1. The first-order valence-corrected chi connectivity index (χ1v) is 7.19. The minimum atomic E-state index is -2.46. The molecule has 1 aromatic heterocycles. The number of nitrogens with zero attached hydrogens (tertiary/aromatic N) is 2. The summed E-state index contributed by atoms with van der Waals surface area (Å²) < 4.78 is 26.4. The highest BCUT2D eigenvalue weighted by atomic mass is 19.3. The van der Waals surface area contributed by atoms with E-state index in [1.807, 2.05) is 24.0 Å². The molecule has 1 saturated heterocycles. The van der Waals surface area contributed by atoms with Gasteiger partial charge in [0.25, 0.3) is 5.92 Å². The van der Waals surface area contributed by atoms with E-state index in [1.165, 1.54) is 6.92 Å². The van der Waals surface area contributed by atoms with Crippen molar-refractivity contribution in [3.8, 4) is 0 Å². The summed E-state index contributed by atoms with van der Waals surface area (Å²) in [7, 11) is 0. The van der Waals surface area contributed by atoms with Crippen LogP contribution in [0.25, 0.3) is 0 Å². The van der Waals surface area contributed by atoms with Gasteiger partial charge >= 0.3 is 0 Å². The standard InChI is InChI=1S/C15H19F2N3O/c1-9(21)5-18-6-11-3-4-14(19-10(11)2)20-7-12-13(8-20)15(12,16)17/h3-4,12-13,18H,5-8H2,1-2H3. The van der Waals surface area contributed by atoms with Crippen LogP contribution < -0.4 is 10.2 Å². The van der Waals surface area contributed by atoms with E-state index >= 15 is 0 Å². The van der Waals surface area contributed by atoms with Crippen molar-refractivity contribution in [1.29, 1.82) is 0 Å². The van der Waals surface area contributed by atoms with Gasteiger partial charge in [0, 0.05) is 25.3 Å². The summed E-state index contributed by atoms with van der Waals surface area (Å²) in [4.78, 5) is 17.3. The van der Waals surface area contributed by atoms with Crippen molar-refractivity contribution in [2.75, 3.05) is 24.5 Å². The molecular weight excluding hydrogens is 276 g/mol. The Kier molecular flexibility index (Phi) is 3.43. The van der Waals surface area contributed by atoms with E-state index in [9.17, 15) is 13.6 Å². The topological polar surface area (TPSA) is 45.2 Å². The molecule has 2 unspecified atom stereocenters. The number of aryl methyl sites for hydroxylation is 1. The Morgan fingerprint density at radius 3 is 2.67 bits per heavy atom. The number of alkyl halides is 2. The fourth-order valence-corrected chi connectivity index (χ4v) is 3.01. The molecule has 1 aliphatic carbocycles. The summed E-state index contributed by atoms with van der Waals surface area (Å²) in [6.45, 7) is 5.15. The molecule has 2 fully saturated rings. The lowest BCUT2D eigenvalue weighted by molar-refractivity contribution is -0.116. The maximum Gasteiger partial charge on any atom is 0.258 e. The number of aromatic nitrogens is 1. The van der Waals surface area contributed by atoms with Crippen LogP contribution in [-0.4, -0.2) is 36.3 Å². The van der Waals surface area contributed by atoms with Crippen molar-refractivity contribution in [3.63, 3.8) is 0 Å². The van der Waals surface area contributed by atoms with E-state index in [-0.39, 0.29) is 5.78 Å². The average Bonchev–Trinajstić information content (AvgIpc) is 2.79. The summed E-state index contributed by atoms with van der Waals surface area (Å²) in [5.74, 6) is -2.57. The molecule has 2 atom stereocenters. The molecule has 1 aromatic rings. The second-order valence-corrected chi connectivity index (χ2v) is 6.01. The van der Waals surface area contributed by atoms with Gasteiger partial charge in [0.15, 0.2) is 0 Å². The molecule has 1 N–H and O–H groups in total. The number of Topliss-reactive ketones (excluding diaryl/α,β-unsaturated/α-hetero) is 1. The van der Waals surface area contributed by atoms with Crippen molar-refractivity contribution in [2.24, 2.45) is 11.8 Å². The van der Waals surface area contributed by atoms with Gasteiger partial charge in [-0.15, -0.1) is 0 Å². The van der Waals surface area contributed by atoms with Crippen LogP contribution >= 0.6 is 0 Å². The Hall–Kier alpha value is -1.56. The molecule has 0 spiro atoms. The molecule has 4 nitrogen and oxygen atoms in total. The zero-order valence-corrected chi connectivity index (χ0v) is 12.2. The van der Waals surface area contributed by atoms with E-state index in [1.54, 1.807) is 0 Å². The Labute approximate surface area is 122 Å². The Morgan fingerprint density at radius 2 is 2.10 bits per heavy atom. The molecule has 3 rings (SSSR count). The lowest BCUT2D eigenvalue weighted by Gasteiger charge is -2.21. The Morgan fingerprint density at radius 1 is 1.43 bits per heavy atom. The first kappa shape index (κ1) is 14.4. The summed E-state index contributed by atoms with van der Waals surface area (Å²) >= 11 is 0. The molecule has 1 aliphatic heterocycles. The monoisotopic (exact) mass is 295 g/mol. The van der Waals surface area contributed by atoms with Gasteiger partial charge in [0.2, 0.25) is 0 Å². The number of carbonyl (C=O) groups excluding carboxylic acids is 1. The van der Waals surface area contributed by atoms with Gasteiger partial charge in [-0.3, -0.25) is 4.79 Å². The number of nitrogens with one attached hydrogen (secondary N) is 1. The van der Waals surface area contributed by atoms with Crippen LogP contribution in [-0.2, 0) is 11.3 Å². The third-order valence-corrected chi connectivity index (χ3v) is 4.39. The van der Waals surface area contributed by atoms with E-state index in [4.69, 9.17) is 0 Å². The quantitative estimate of drug-likeness (QED) is 0.899. The molecule has 0 amide bonds. The highest BCUT2D eigenvalue weighted by Crippen LogP contribution is 2.59. The lowest BCUT2D eigenvalue weighted by atomic mass is 10.2. The smallest absolute Gasteiger partial charge is 0.258 e. The molecule has 21 heavy (non-hydrogen) atoms. The zero-order valence-electron chi connectivity index (χ0n) is 12.2. The van der Waals surface area contributed by atoms with Gasteiger partial charge in [-0.2, -0.15) is 0 Å². The van der Waals surface area contributed by atoms with Crippen LogP contribution in [0.15, 0.2) is 12.1 Å². The minimum Gasteiger partial charge on any atom is -0.356 e. The van der Waals surface area contributed by atoms with Crippen LogP contribution in [0.3, 0.4) is 0 Å². The summed E-state index contributed by atoms with van der Waals surface area (Å²) in [5.41, 5.74) is 1.89. The van der Waals surface area contributed by atoms with Crippen molar-refractivity contribution in [1.82, 2.24) is 10.3 Å². The van der Waals surface area contributed by atoms with Crippen LogP contribution in [0.5, 0.6) is 0 Å². The molecule has 2 heterocycles. The van der Waals surface area contributed by atoms with E-state index in [2.05, 4.69) is 10.3 Å². The normalized spacial score (nSPS) is 25.8. The third kappa shape index (κ3) is 2.64. The van der Waals surface area contributed by atoms with Gasteiger partial charge in [-0.05, 0) is 25.5 Å². The number of rotatable bonds is 5. The molecule has 114 valence electrons. The molecule has 0 bridgehead atoms. The summed E-state index contributed by atoms with van der Waals surface area (Å²) in [6.07, 6.45) is 0.